The number of alkyl halides is 1. The van der Waals surface area contributed by atoms with Crippen LogP contribution in [0.3, 0.4) is 0 Å². The van der Waals surface area contributed by atoms with Gasteiger partial charge in [-0.05, 0) is 18.2 Å². The topological polar surface area (TPSA) is 73.9 Å². The number of carbonyl (C=O) groups is 2. The predicted molar refractivity (Wildman–Crippen MR) is 70.0 cm³/mol. The maximum Gasteiger partial charge on any atom is 0.411 e. The monoisotopic (exact) mass is 287 g/mol. The summed E-state index contributed by atoms with van der Waals surface area (Å²) in [5.74, 6) is 0.0477. The quantitative estimate of drug-likeness (QED) is 0.664. The van der Waals surface area contributed by atoms with Crippen molar-refractivity contribution in [1.82, 2.24) is 0 Å². The molecule has 0 saturated heterocycles. The SMILES string of the molecule is COC(=O)c1ccc(NC(=O)OCCCl)c(OC)c1. The van der Waals surface area contributed by atoms with Crippen LogP contribution < -0.4 is 10.1 Å². The molecule has 0 radical (unpaired) electrons. The number of rotatable bonds is 5. The molecule has 0 aliphatic rings. The van der Waals surface area contributed by atoms with E-state index in [4.69, 9.17) is 21.1 Å². The van der Waals surface area contributed by atoms with Crippen LogP contribution in [0, 0.1) is 0 Å². The first kappa shape index (κ1) is 15.1. The molecule has 0 spiro atoms. The van der Waals surface area contributed by atoms with Gasteiger partial charge in [0.15, 0.2) is 0 Å². The van der Waals surface area contributed by atoms with E-state index in [9.17, 15) is 9.59 Å². The Hall–Kier alpha value is -1.95. The van der Waals surface area contributed by atoms with Gasteiger partial charge >= 0.3 is 12.1 Å². The van der Waals surface area contributed by atoms with Crippen molar-refractivity contribution in [1.29, 1.82) is 0 Å². The molecular weight excluding hydrogens is 274 g/mol. The number of halogens is 1. The van der Waals surface area contributed by atoms with Crippen molar-refractivity contribution in [3.05, 3.63) is 23.8 Å². The van der Waals surface area contributed by atoms with Crippen LogP contribution in [0.4, 0.5) is 10.5 Å². The number of benzene rings is 1. The molecule has 1 aromatic carbocycles. The molecule has 7 heteroatoms. The van der Waals surface area contributed by atoms with Crippen molar-refractivity contribution in [2.45, 2.75) is 0 Å². The fourth-order valence-corrected chi connectivity index (χ4v) is 1.39. The second-order valence-electron chi connectivity index (χ2n) is 3.36. The van der Waals surface area contributed by atoms with Gasteiger partial charge in [0.1, 0.15) is 12.4 Å². The summed E-state index contributed by atoms with van der Waals surface area (Å²) in [4.78, 5) is 22.7. The van der Waals surface area contributed by atoms with E-state index in [1.54, 1.807) is 0 Å². The Morgan fingerprint density at radius 2 is 2.05 bits per heavy atom. The summed E-state index contributed by atoms with van der Waals surface area (Å²) in [5, 5.41) is 2.48. The smallest absolute Gasteiger partial charge is 0.411 e. The van der Waals surface area contributed by atoms with Crippen LogP contribution in [0.15, 0.2) is 18.2 Å². The number of ether oxygens (including phenoxy) is 3. The first-order chi connectivity index (χ1) is 9.12. The van der Waals surface area contributed by atoms with Crippen molar-refractivity contribution in [3.63, 3.8) is 0 Å². The Balaban J connectivity index is 2.84. The van der Waals surface area contributed by atoms with Gasteiger partial charge in [0.25, 0.3) is 0 Å². The van der Waals surface area contributed by atoms with Gasteiger partial charge in [-0.15, -0.1) is 11.6 Å². The summed E-state index contributed by atoms with van der Waals surface area (Å²) < 4.78 is 14.4. The summed E-state index contributed by atoms with van der Waals surface area (Å²) in [6.07, 6.45) is -0.648. The molecule has 0 saturated carbocycles. The summed E-state index contributed by atoms with van der Waals surface area (Å²) in [5.41, 5.74) is 0.703. The Bertz CT molecular complexity index is 463. The number of anilines is 1. The fourth-order valence-electron chi connectivity index (χ4n) is 1.32. The highest BCUT2D eigenvalue weighted by Crippen LogP contribution is 2.26. The van der Waals surface area contributed by atoms with E-state index in [1.165, 1.54) is 32.4 Å². The zero-order valence-corrected chi connectivity index (χ0v) is 11.3. The number of nitrogens with one attached hydrogen (secondary N) is 1. The van der Waals surface area contributed by atoms with Gasteiger partial charge in [-0.1, -0.05) is 0 Å². The number of esters is 1. The van der Waals surface area contributed by atoms with Crippen molar-refractivity contribution in [2.24, 2.45) is 0 Å². The second-order valence-corrected chi connectivity index (χ2v) is 3.73. The van der Waals surface area contributed by atoms with Crippen molar-refractivity contribution >= 4 is 29.4 Å². The molecule has 0 unspecified atom stereocenters. The number of methoxy groups -OCH3 is 2. The third-order valence-electron chi connectivity index (χ3n) is 2.17. The highest BCUT2D eigenvalue weighted by Gasteiger charge is 2.12. The van der Waals surface area contributed by atoms with Gasteiger partial charge in [-0.3, -0.25) is 5.32 Å². The van der Waals surface area contributed by atoms with E-state index in [-0.39, 0.29) is 12.5 Å². The van der Waals surface area contributed by atoms with Gasteiger partial charge < -0.3 is 14.2 Å². The lowest BCUT2D eigenvalue weighted by Crippen LogP contribution is -2.15. The van der Waals surface area contributed by atoms with E-state index in [2.05, 4.69) is 10.1 Å². The molecule has 0 atom stereocenters. The molecule has 104 valence electrons. The standard InChI is InChI=1S/C12H14ClNO5/c1-17-10-7-8(11(15)18-2)3-4-9(10)14-12(16)19-6-5-13/h3-4,7H,5-6H2,1-2H3,(H,14,16). The van der Waals surface area contributed by atoms with Crippen molar-refractivity contribution in [2.75, 3.05) is 32.0 Å². The molecule has 0 aliphatic carbocycles. The average Bonchev–Trinajstić information content (AvgIpc) is 2.44. The van der Waals surface area contributed by atoms with Crippen molar-refractivity contribution in [3.8, 4) is 5.75 Å². The van der Waals surface area contributed by atoms with Crippen LogP contribution in [0.5, 0.6) is 5.75 Å². The van der Waals surface area contributed by atoms with Gasteiger partial charge in [0.05, 0.1) is 31.4 Å². The number of hydrogen-bond donors (Lipinski definition) is 1. The van der Waals surface area contributed by atoms with E-state index in [0.717, 1.165) is 0 Å². The minimum atomic E-state index is -0.648. The summed E-state index contributed by atoms with van der Waals surface area (Å²) in [6.45, 7) is 0.107. The molecule has 0 heterocycles. The molecule has 1 aromatic rings. The summed E-state index contributed by atoms with van der Waals surface area (Å²) in [7, 11) is 2.70. The maximum atomic E-state index is 11.4. The van der Waals surface area contributed by atoms with Gasteiger partial charge in [-0.25, -0.2) is 9.59 Å². The third kappa shape index (κ3) is 4.33. The molecule has 0 bridgehead atoms. The normalized spacial score (nSPS) is 9.63. The Kier molecular flexibility index (Phi) is 5.95. The fraction of sp³-hybridized carbons (Fsp3) is 0.333. The van der Waals surface area contributed by atoms with Crippen LogP contribution in [0.2, 0.25) is 0 Å². The van der Waals surface area contributed by atoms with Gasteiger partial charge in [0, 0.05) is 0 Å². The molecular formula is C12H14ClNO5. The Morgan fingerprint density at radius 1 is 1.32 bits per heavy atom. The van der Waals surface area contributed by atoms with E-state index in [0.29, 0.717) is 17.0 Å². The van der Waals surface area contributed by atoms with Crippen LogP contribution in [-0.2, 0) is 9.47 Å². The Labute approximate surface area is 115 Å². The summed E-state index contributed by atoms with van der Waals surface area (Å²) >= 11 is 5.40. The van der Waals surface area contributed by atoms with Crippen LogP contribution in [0.25, 0.3) is 0 Å². The largest absolute Gasteiger partial charge is 0.495 e. The first-order valence-corrected chi connectivity index (χ1v) is 5.92. The molecule has 1 amide bonds. The van der Waals surface area contributed by atoms with E-state index < -0.39 is 12.1 Å². The predicted octanol–water partition coefficient (Wildman–Crippen LogP) is 2.27. The molecule has 6 nitrogen and oxygen atoms in total. The highest BCUT2D eigenvalue weighted by atomic mass is 35.5. The Morgan fingerprint density at radius 3 is 2.63 bits per heavy atom. The highest BCUT2D eigenvalue weighted by molar-refractivity contribution is 6.18. The second kappa shape index (κ2) is 7.48. The number of carbonyl (C=O) groups excluding carboxylic acids is 2. The molecule has 0 aliphatic heterocycles. The van der Waals surface area contributed by atoms with Crippen molar-refractivity contribution < 1.29 is 23.8 Å². The van der Waals surface area contributed by atoms with Gasteiger partial charge in [-0.2, -0.15) is 0 Å². The minimum absolute atomic E-state index is 0.107. The van der Waals surface area contributed by atoms with E-state index >= 15 is 0 Å². The molecule has 1 rings (SSSR count). The van der Waals surface area contributed by atoms with Gasteiger partial charge in [0.2, 0.25) is 0 Å². The van der Waals surface area contributed by atoms with Crippen LogP contribution in [0.1, 0.15) is 10.4 Å². The molecule has 0 aromatic heterocycles. The zero-order chi connectivity index (χ0) is 14.3. The lowest BCUT2D eigenvalue weighted by molar-refractivity contribution is 0.0600. The van der Waals surface area contributed by atoms with Crippen LogP contribution in [-0.4, -0.2) is 38.8 Å². The zero-order valence-electron chi connectivity index (χ0n) is 10.6. The average molecular weight is 288 g/mol. The minimum Gasteiger partial charge on any atom is -0.495 e. The summed E-state index contributed by atoms with van der Waals surface area (Å²) in [6, 6.07) is 4.49. The number of amides is 1. The first-order valence-electron chi connectivity index (χ1n) is 5.38. The number of hydrogen-bond acceptors (Lipinski definition) is 5. The molecule has 1 N–H and O–H groups in total. The lowest BCUT2D eigenvalue weighted by Gasteiger charge is -2.11. The molecule has 0 fully saturated rings. The van der Waals surface area contributed by atoms with E-state index in [1.807, 2.05) is 0 Å². The van der Waals surface area contributed by atoms with Crippen LogP contribution >= 0.6 is 11.6 Å². The third-order valence-corrected chi connectivity index (χ3v) is 2.32. The maximum absolute atomic E-state index is 11.4. The lowest BCUT2D eigenvalue weighted by atomic mass is 10.2. The molecule has 19 heavy (non-hydrogen) atoms.